The van der Waals surface area contributed by atoms with Crippen molar-refractivity contribution in [3.63, 3.8) is 0 Å². The quantitative estimate of drug-likeness (QED) is 0.715. The Kier molecular flexibility index (Phi) is 4.28. The SMILES string of the molecule is Cc1ccc(S(=O)(=O)[C@H](c2ccccc2)c2c(C)noc2C)cc1. The molecule has 0 unspecified atom stereocenters. The van der Waals surface area contributed by atoms with E-state index in [-0.39, 0.29) is 0 Å². The highest BCUT2D eigenvalue weighted by Gasteiger charge is 2.35. The molecular weight excluding hydrogens is 322 g/mol. The Bertz CT molecular complexity index is 923. The molecule has 0 fully saturated rings. The summed E-state index contributed by atoms with van der Waals surface area (Å²) < 4.78 is 32.0. The van der Waals surface area contributed by atoms with E-state index >= 15 is 0 Å². The predicted octanol–water partition coefficient (Wildman–Crippen LogP) is 4.16. The Morgan fingerprint density at radius 2 is 1.54 bits per heavy atom. The maximum atomic E-state index is 13.4. The van der Waals surface area contributed by atoms with Crippen LogP contribution in [-0.2, 0) is 9.84 Å². The summed E-state index contributed by atoms with van der Waals surface area (Å²) in [5.74, 6) is 0.525. The van der Waals surface area contributed by atoms with Gasteiger partial charge in [-0.2, -0.15) is 0 Å². The van der Waals surface area contributed by atoms with Crippen LogP contribution in [0.25, 0.3) is 0 Å². The first-order valence-corrected chi connectivity index (χ1v) is 9.24. The van der Waals surface area contributed by atoms with Gasteiger partial charge in [0.2, 0.25) is 0 Å². The van der Waals surface area contributed by atoms with Gasteiger partial charge >= 0.3 is 0 Å². The number of nitrogens with zero attached hydrogens (tertiary/aromatic N) is 1. The molecule has 2 aromatic carbocycles. The van der Waals surface area contributed by atoms with Crippen molar-refractivity contribution in [2.75, 3.05) is 0 Å². The summed E-state index contributed by atoms with van der Waals surface area (Å²) in [6.07, 6.45) is 0. The predicted molar refractivity (Wildman–Crippen MR) is 92.6 cm³/mol. The number of hydrogen-bond acceptors (Lipinski definition) is 4. The average molecular weight is 341 g/mol. The number of aryl methyl sites for hydroxylation is 3. The molecule has 0 N–H and O–H groups in total. The zero-order valence-corrected chi connectivity index (χ0v) is 14.7. The average Bonchev–Trinajstić information content (AvgIpc) is 2.89. The molecule has 124 valence electrons. The van der Waals surface area contributed by atoms with Crippen LogP contribution in [-0.4, -0.2) is 13.6 Å². The monoisotopic (exact) mass is 341 g/mol. The van der Waals surface area contributed by atoms with E-state index in [4.69, 9.17) is 4.52 Å². The van der Waals surface area contributed by atoms with Crippen molar-refractivity contribution in [1.82, 2.24) is 5.16 Å². The molecule has 0 bridgehead atoms. The van der Waals surface area contributed by atoms with Crippen molar-refractivity contribution >= 4 is 9.84 Å². The van der Waals surface area contributed by atoms with Crippen LogP contribution in [0.3, 0.4) is 0 Å². The molecule has 0 spiro atoms. The van der Waals surface area contributed by atoms with Crippen molar-refractivity contribution in [3.8, 4) is 0 Å². The highest BCUT2D eigenvalue weighted by atomic mass is 32.2. The molecule has 5 heteroatoms. The Balaban J connectivity index is 2.24. The molecule has 0 aliphatic rings. The third-order valence-corrected chi connectivity index (χ3v) is 6.17. The maximum absolute atomic E-state index is 13.4. The minimum atomic E-state index is -3.64. The molecule has 1 heterocycles. The third kappa shape index (κ3) is 2.87. The Hall–Kier alpha value is -2.40. The van der Waals surface area contributed by atoms with Gasteiger partial charge in [-0.25, -0.2) is 8.42 Å². The number of hydrogen-bond donors (Lipinski definition) is 0. The fraction of sp³-hybridized carbons (Fsp3) is 0.211. The van der Waals surface area contributed by atoms with Crippen LogP contribution in [0, 0.1) is 20.8 Å². The van der Waals surface area contributed by atoms with E-state index < -0.39 is 15.1 Å². The largest absolute Gasteiger partial charge is 0.361 e. The molecule has 3 aromatic rings. The van der Waals surface area contributed by atoms with Crippen molar-refractivity contribution in [3.05, 3.63) is 82.7 Å². The van der Waals surface area contributed by atoms with Gasteiger partial charge in [-0.05, 0) is 38.5 Å². The van der Waals surface area contributed by atoms with E-state index in [1.54, 1.807) is 26.0 Å². The van der Waals surface area contributed by atoms with Crippen LogP contribution in [0.2, 0.25) is 0 Å². The second-order valence-corrected chi connectivity index (χ2v) is 7.92. The molecule has 4 nitrogen and oxygen atoms in total. The van der Waals surface area contributed by atoms with E-state index in [1.165, 1.54) is 0 Å². The summed E-state index contributed by atoms with van der Waals surface area (Å²) in [5, 5.41) is 3.10. The summed E-state index contributed by atoms with van der Waals surface area (Å²) in [7, 11) is -3.64. The molecule has 3 rings (SSSR count). The fourth-order valence-electron chi connectivity index (χ4n) is 2.86. The number of rotatable bonds is 4. The minimum absolute atomic E-state index is 0.293. The zero-order valence-electron chi connectivity index (χ0n) is 13.9. The van der Waals surface area contributed by atoms with Gasteiger partial charge in [-0.15, -0.1) is 0 Å². The number of sulfone groups is 1. The van der Waals surface area contributed by atoms with Crippen LogP contribution >= 0.6 is 0 Å². The summed E-state index contributed by atoms with van der Waals surface area (Å²) in [4.78, 5) is 0.293. The normalized spacial score (nSPS) is 13.0. The van der Waals surface area contributed by atoms with Crippen molar-refractivity contribution in [2.24, 2.45) is 0 Å². The van der Waals surface area contributed by atoms with Gasteiger partial charge in [0, 0.05) is 5.56 Å². The van der Waals surface area contributed by atoms with E-state index in [1.807, 2.05) is 49.4 Å². The molecule has 1 atom stereocenters. The minimum Gasteiger partial charge on any atom is -0.361 e. The van der Waals surface area contributed by atoms with Gasteiger partial charge in [0.25, 0.3) is 0 Å². The first-order chi connectivity index (χ1) is 11.4. The molecule has 24 heavy (non-hydrogen) atoms. The highest BCUT2D eigenvalue weighted by Crippen LogP contribution is 2.38. The fourth-order valence-corrected chi connectivity index (χ4v) is 4.81. The van der Waals surface area contributed by atoms with Gasteiger partial charge in [-0.3, -0.25) is 0 Å². The summed E-state index contributed by atoms with van der Waals surface area (Å²) >= 11 is 0. The molecular formula is C19H19NO3S. The molecule has 0 saturated heterocycles. The topological polar surface area (TPSA) is 60.2 Å². The van der Waals surface area contributed by atoms with Gasteiger partial charge in [0.05, 0.1) is 10.6 Å². The standard InChI is InChI=1S/C19H19NO3S/c1-13-9-11-17(12-10-13)24(21,22)19(16-7-5-4-6-8-16)18-14(2)20-23-15(18)3/h4-12,19H,1-3H3/t19-/m1/s1. The van der Waals surface area contributed by atoms with Crippen LogP contribution in [0.1, 0.15) is 33.4 Å². The Labute approximate surface area is 142 Å². The molecule has 0 saturated carbocycles. The second kappa shape index (κ2) is 6.24. The highest BCUT2D eigenvalue weighted by molar-refractivity contribution is 7.92. The maximum Gasteiger partial charge on any atom is 0.189 e. The Morgan fingerprint density at radius 3 is 2.08 bits per heavy atom. The summed E-state index contributed by atoms with van der Waals surface area (Å²) in [5.41, 5.74) is 2.92. The van der Waals surface area contributed by atoms with Gasteiger partial charge in [0.1, 0.15) is 11.0 Å². The van der Waals surface area contributed by atoms with Crippen LogP contribution in [0.15, 0.2) is 64.0 Å². The number of aromatic nitrogens is 1. The van der Waals surface area contributed by atoms with E-state index in [2.05, 4.69) is 5.16 Å². The van der Waals surface area contributed by atoms with Gasteiger partial charge < -0.3 is 4.52 Å². The molecule has 0 aliphatic carbocycles. The van der Waals surface area contributed by atoms with Crippen molar-refractivity contribution in [2.45, 2.75) is 30.9 Å². The van der Waals surface area contributed by atoms with E-state index in [9.17, 15) is 8.42 Å². The smallest absolute Gasteiger partial charge is 0.189 e. The molecule has 0 aliphatic heterocycles. The van der Waals surface area contributed by atoms with Crippen LogP contribution < -0.4 is 0 Å². The molecule has 1 aromatic heterocycles. The van der Waals surface area contributed by atoms with Crippen molar-refractivity contribution < 1.29 is 12.9 Å². The summed E-state index contributed by atoms with van der Waals surface area (Å²) in [6, 6.07) is 16.1. The van der Waals surface area contributed by atoms with Crippen molar-refractivity contribution in [1.29, 1.82) is 0 Å². The van der Waals surface area contributed by atoms with Crippen LogP contribution in [0.5, 0.6) is 0 Å². The lowest BCUT2D eigenvalue weighted by Crippen LogP contribution is -2.16. The van der Waals surface area contributed by atoms with E-state index in [0.717, 1.165) is 5.56 Å². The van der Waals surface area contributed by atoms with E-state index in [0.29, 0.717) is 27.5 Å². The van der Waals surface area contributed by atoms with Crippen LogP contribution in [0.4, 0.5) is 0 Å². The second-order valence-electron chi connectivity index (χ2n) is 5.89. The lowest BCUT2D eigenvalue weighted by atomic mass is 10.0. The molecule has 0 radical (unpaired) electrons. The van der Waals surface area contributed by atoms with Gasteiger partial charge in [0.15, 0.2) is 9.84 Å². The summed E-state index contributed by atoms with van der Waals surface area (Å²) in [6.45, 7) is 5.45. The number of benzene rings is 2. The molecule has 0 amide bonds. The Morgan fingerprint density at radius 1 is 0.917 bits per heavy atom. The lowest BCUT2D eigenvalue weighted by Gasteiger charge is -2.18. The third-order valence-electron chi connectivity index (χ3n) is 4.11. The zero-order chi connectivity index (χ0) is 17.3. The first kappa shape index (κ1) is 16.5. The lowest BCUT2D eigenvalue weighted by molar-refractivity contribution is 0.392. The first-order valence-electron chi connectivity index (χ1n) is 7.69. The van der Waals surface area contributed by atoms with Gasteiger partial charge in [-0.1, -0.05) is 53.2 Å².